The van der Waals surface area contributed by atoms with Crippen molar-refractivity contribution in [2.75, 3.05) is 6.54 Å². The van der Waals surface area contributed by atoms with Crippen LogP contribution in [0.5, 0.6) is 0 Å². The summed E-state index contributed by atoms with van der Waals surface area (Å²) in [6.45, 7) is 1.56. The second-order valence-electron chi connectivity index (χ2n) is 5.29. The van der Waals surface area contributed by atoms with Gasteiger partial charge in [0.1, 0.15) is 5.01 Å². The Labute approximate surface area is 160 Å². The summed E-state index contributed by atoms with van der Waals surface area (Å²) in [6.07, 6.45) is 2.74. The third-order valence-electron chi connectivity index (χ3n) is 3.53. The third kappa shape index (κ3) is 4.71. The molecule has 0 aliphatic rings. The van der Waals surface area contributed by atoms with Crippen molar-refractivity contribution in [2.45, 2.75) is 13.0 Å². The van der Waals surface area contributed by atoms with Crippen LogP contribution in [0.15, 0.2) is 48.7 Å². The van der Waals surface area contributed by atoms with E-state index in [0.717, 1.165) is 45.5 Å². The fourth-order valence-corrected chi connectivity index (χ4v) is 3.89. The van der Waals surface area contributed by atoms with Gasteiger partial charge in [0.2, 0.25) is 0 Å². The van der Waals surface area contributed by atoms with Crippen LogP contribution in [-0.4, -0.2) is 11.5 Å². The minimum atomic E-state index is 0.660. The van der Waals surface area contributed by atoms with Crippen LogP contribution in [-0.2, 0) is 13.0 Å². The monoisotopic (exact) mass is 396 g/mol. The van der Waals surface area contributed by atoms with E-state index >= 15 is 0 Å². The van der Waals surface area contributed by atoms with Crippen LogP contribution in [0.25, 0.3) is 10.4 Å². The molecule has 0 unspecified atom stereocenters. The zero-order chi connectivity index (χ0) is 16.9. The lowest BCUT2D eigenvalue weighted by Gasteiger charge is -2.05. The lowest BCUT2D eigenvalue weighted by atomic mass is 10.1. The summed E-state index contributed by atoms with van der Waals surface area (Å²) in [4.78, 5) is 5.59. The van der Waals surface area contributed by atoms with Crippen LogP contribution in [0.1, 0.15) is 10.6 Å². The molecule has 0 spiro atoms. The van der Waals surface area contributed by atoms with Gasteiger partial charge in [-0.1, -0.05) is 53.0 Å². The Morgan fingerprint density at radius 2 is 1.83 bits per heavy atom. The minimum Gasteiger partial charge on any atom is -0.310 e. The van der Waals surface area contributed by atoms with Crippen molar-refractivity contribution in [2.24, 2.45) is 0 Å². The van der Waals surface area contributed by atoms with Gasteiger partial charge in [0.15, 0.2) is 0 Å². The molecule has 0 amide bonds. The fraction of sp³-hybridized carbons (Fsp3) is 0.167. The molecule has 1 aromatic heterocycles. The summed E-state index contributed by atoms with van der Waals surface area (Å²) < 4.78 is 0. The number of halogens is 3. The van der Waals surface area contributed by atoms with Crippen molar-refractivity contribution < 1.29 is 0 Å². The summed E-state index contributed by atoms with van der Waals surface area (Å²) in [7, 11) is 0. The van der Waals surface area contributed by atoms with Crippen molar-refractivity contribution >= 4 is 46.1 Å². The maximum Gasteiger partial charge on any atom is 0.107 e. The SMILES string of the molecule is Clc1cccc(-c2cnc(CNCCc3ccc(Cl)cc3Cl)s2)c1. The second-order valence-corrected chi connectivity index (χ2v) is 7.69. The number of aromatic nitrogens is 1. The van der Waals surface area contributed by atoms with Gasteiger partial charge in [-0.15, -0.1) is 11.3 Å². The Balaban J connectivity index is 1.52. The van der Waals surface area contributed by atoms with Crippen LogP contribution in [0.2, 0.25) is 15.1 Å². The lowest BCUT2D eigenvalue weighted by Crippen LogP contribution is -2.16. The zero-order valence-corrected chi connectivity index (χ0v) is 15.8. The summed E-state index contributed by atoms with van der Waals surface area (Å²) >= 11 is 19.8. The topological polar surface area (TPSA) is 24.9 Å². The van der Waals surface area contributed by atoms with E-state index in [2.05, 4.69) is 10.3 Å². The van der Waals surface area contributed by atoms with Gasteiger partial charge in [-0.2, -0.15) is 0 Å². The molecule has 1 N–H and O–H groups in total. The molecule has 2 nitrogen and oxygen atoms in total. The number of nitrogens with zero attached hydrogens (tertiary/aromatic N) is 1. The van der Waals surface area contributed by atoms with Gasteiger partial charge in [-0.25, -0.2) is 4.98 Å². The van der Waals surface area contributed by atoms with Crippen LogP contribution in [0.4, 0.5) is 0 Å². The highest BCUT2D eigenvalue weighted by Gasteiger charge is 2.05. The normalized spacial score (nSPS) is 11.0. The van der Waals surface area contributed by atoms with Crippen molar-refractivity contribution in [3.63, 3.8) is 0 Å². The predicted molar refractivity (Wildman–Crippen MR) is 104 cm³/mol. The standard InChI is InChI=1S/C18H15Cl3N2S/c19-14-3-1-2-13(8-14)17-10-23-18(24-17)11-22-7-6-12-4-5-15(20)9-16(12)21/h1-5,8-10,22H,6-7,11H2. The average Bonchev–Trinajstić information content (AvgIpc) is 3.02. The summed E-state index contributed by atoms with van der Waals surface area (Å²) in [6, 6.07) is 13.4. The summed E-state index contributed by atoms with van der Waals surface area (Å²) in [5, 5.41) is 6.55. The number of hydrogen-bond donors (Lipinski definition) is 1. The van der Waals surface area contributed by atoms with Crippen LogP contribution < -0.4 is 5.32 Å². The molecule has 24 heavy (non-hydrogen) atoms. The second kappa shape index (κ2) is 8.32. The number of hydrogen-bond acceptors (Lipinski definition) is 3. The molecule has 1 heterocycles. The quantitative estimate of drug-likeness (QED) is 0.508. The van der Waals surface area contributed by atoms with Crippen molar-refractivity contribution in [3.8, 4) is 10.4 Å². The fourth-order valence-electron chi connectivity index (χ4n) is 2.31. The van der Waals surface area contributed by atoms with Gasteiger partial charge in [0, 0.05) is 27.8 Å². The molecular weight excluding hydrogens is 383 g/mol. The molecular formula is C18H15Cl3N2S. The average molecular weight is 398 g/mol. The van der Waals surface area contributed by atoms with Gasteiger partial charge in [-0.3, -0.25) is 0 Å². The Morgan fingerprint density at radius 3 is 2.62 bits per heavy atom. The van der Waals surface area contributed by atoms with E-state index in [-0.39, 0.29) is 0 Å². The first-order chi connectivity index (χ1) is 11.6. The maximum atomic E-state index is 6.18. The van der Waals surface area contributed by atoms with E-state index in [4.69, 9.17) is 34.8 Å². The number of benzene rings is 2. The lowest BCUT2D eigenvalue weighted by molar-refractivity contribution is 0.684. The first kappa shape index (κ1) is 17.7. The van der Waals surface area contributed by atoms with Crippen LogP contribution >= 0.6 is 46.1 Å². The molecule has 0 aliphatic carbocycles. The predicted octanol–water partition coefficient (Wildman–Crippen LogP) is 6.10. The summed E-state index contributed by atoms with van der Waals surface area (Å²) in [5.41, 5.74) is 2.19. The minimum absolute atomic E-state index is 0.660. The van der Waals surface area contributed by atoms with Gasteiger partial charge < -0.3 is 5.32 Å². The molecule has 0 bridgehead atoms. The summed E-state index contributed by atoms with van der Waals surface area (Å²) in [5.74, 6) is 0. The Bertz CT molecular complexity index is 833. The van der Waals surface area contributed by atoms with E-state index in [1.165, 1.54) is 0 Å². The number of nitrogens with one attached hydrogen (secondary N) is 1. The van der Waals surface area contributed by atoms with E-state index in [1.54, 1.807) is 17.4 Å². The van der Waals surface area contributed by atoms with Crippen molar-refractivity contribution in [1.29, 1.82) is 0 Å². The molecule has 0 aliphatic heterocycles. The molecule has 2 aromatic carbocycles. The van der Waals surface area contributed by atoms with E-state index in [1.807, 2.05) is 42.6 Å². The molecule has 3 aromatic rings. The highest BCUT2D eigenvalue weighted by molar-refractivity contribution is 7.15. The Morgan fingerprint density at radius 1 is 1.00 bits per heavy atom. The maximum absolute atomic E-state index is 6.18. The molecule has 0 atom stereocenters. The van der Waals surface area contributed by atoms with Crippen molar-refractivity contribution in [3.05, 3.63) is 74.3 Å². The number of thiazole rings is 1. The molecule has 0 saturated carbocycles. The highest BCUT2D eigenvalue weighted by atomic mass is 35.5. The van der Waals surface area contributed by atoms with Crippen LogP contribution in [0, 0.1) is 0 Å². The van der Waals surface area contributed by atoms with E-state index < -0.39 is 0 Å². The first-order valence-corrected chi connectivity index (χ1v) is 9.42. The van der Waals surface area contributed by atoms with E-state index in [0.29, 0.717) is 10.0 Å². The Hall–Kier alpha value is -1.10. The molecule has 0 fully saturated rings. The van der Waals surface area contributed by atoms with Crippen LogP contribution in [0.3, 0.4) is 0 Å². The van der Waals surface area contributed by atoms with Gasteiger partial charge in [0.25, 0.3) is 0 Å². The van der Waals surface area contributed by atoms with E-state index in [9.17, 15) is 0 Å². The van der Waals surface area contributed by atoms with Gasteiger partial charge >= 0.3 is 0 Å². The molecule has 3 rings (SSSR count). The molecule has 0 saturated heterocycles. The van der Waals surface area contributed by atoms with Crippen molar-refractivity contribution in [1.82, 2.24) is 10.3 Å². The van der Waals surface area contributed by atoms with Gasteiger partial charge in [0.05, 0.1) is 4.88 Å². The zero-order valence-electron chi connectivity index (χ0n) is 12.7. The Kier molecular flexibility index (Phi) is 6.14. The number of rotatable bonds is 6. The smallest absolute Gasteiger partial charge is 0.107 e. The highest BCUT2D eigenvalue weighted by Crippen LogP contribution is 2.28. The molecule has 124 valence electrons. The first-order valence-electron chi connectivity index (χ1n) is 7.47. The molecule has 6 heteroatoms. The largest absolute Gasteiger partial charge is 0.310 e. The molecule has 0 radical (unpaired) electrons. The van der Waals surface area contributed by atoms with Gasteiger partial charge in [-0.05, 0) is 48.4 Å². The third-order valence-corrected chi connectivity index (χ3v) is 5.39.